The van der Waals surface area contributed by atoms with Crippen molar-refractivity contribution in [3.8, 4) is 5.75 Å². The van der Waals surface area contributed by atoms with Gasteiger partial charge in [-0.3, -0.25) is 0 Å². The van der Waals surface area contributed by atoms with Gasteiger partial charge in [0.05, 0.1) is 7.11 Å². The number of benzene rings is 1. The SMILES string of the molecule is COc1cc(F)cc(C[C@H](C)N)c1. The van der Waals surface area contributed by atoms with Gasteiger partial charge in [0.25, 0.3) is 0 Å². The second-order valence-electron chi connectivity index (χ2n) is 3.18. The zero-order valence-electron chi connectivity index (χ0n) is 7.88. The lowest BCUT2D eigenvalue weighted by molar-refractivity contribution is 0.410. The van der Waals surface area contributed by atoms with Gasteiger partial charge in [0.15, 0.2) is 0 Å². The third kappa shape index (κ3) is 3.03. The molecule has 2 N–H and O–H groups in total. The summed E-state index contributed by atoms with van der Waals surface area (Å²) in [5.41, 5.74) is 6.47. The van der Waals surface area contributed by atoms with Gasteiger partial charge >= 0.3 is 0 Å². The molecule has 13 heavy (non-hydrogen) atoms. The lowest BCUT2D eigenvalue weighted by Gasteiger charge is -2.07. The summed E-state index contributed by atoms with van der Waals surface area (Å²) in [5, 5.41) is 0. The standard InChI is InChI=1S/C10H14FNO/c1-7(12)3-8-4-9(11)6-10(5-8)13-2/h4-7H,3,12H2,1-2H3/t7-/m0/s1. The molecule has 0 aliphatic rings. The van der Waals surface area contributed by atoms with E-state index in [2.05, 4.69) is 0 Å². The first-order chi connectivity index (χ1) is 6.11. The Hall–Kier alpha value is -1.09. The molecule has 1 aromatic carbocycles. The second-order valence-corrected chi connectivity index (χ2v) is 3.18. The van der Waals surface area contributed by atoms with E-state index < -0.39 is 0 Å². The molecule has 0 unspecified atom stereocenters. The summed E-state index contributed by atoms with van der Waals surface area (Å²) in [6.45, 7) is 1.89. The lowest BCUT2D eigenvalue weighted by Crippen LogP contribution is -2.17. The molecule has 0 aliphatic heterocycles. The van der Waals surface area contributed by atoms with Crippen molar-refractivity contribution >= 4 is 0 Å². The zero-order valence-corrected chi connectivity index (χ0v) is 7.88. The molecule has 0 amide bonds. The van der Waals surface area contributed by atoms with Crippen LogP contribution in [0.1, 0.15) is 12.5 Å². The molecule has 0 radical (unpaired) electrons. The van der Waals surface area contributed by atoms with Crippen molar-refractivity contribution < 1.29 is 9.13 Å². The van der Waals surface area contributed by atoms with E-state index in [0.29, 0.717) is 12.2 Å². The maximum Gasteiger partial charge on any atom is 0.127 e. The van der Waals surface area contributed by atoms with Crippen LogP contribution in [0, 0.1) is 5.82 Å². The zero-order chi connectivity index (χ0) is 9.84. The Labute approximate surface area is 77.5 Å². The van der Waals surface area contributed by atoms with Gasteiger partial charge in [0.1, 0.15) is 11.6 Å². The average molecular weight is 183 g/mol. The highest BCUT2D eigenvalue weighted by Gasteiger charge is 2.02. The molecule has 0 fully saturated rings. The molecule has 1 aromatic rings. The van der Waals surface area contributed by atoms with Crippen LogP contribution in [0.2, 0.25) is 0 Å². The van der Waals surface area contributed by atoms with Crippen LogP contribution in [0.4, 0.5) is 4.39 Å². The number of hydrogen-bond acceptors (Lipinski definition) is 2. The van der Waals surface area contributed by atoms with Crippen LogP contribution in [0.15, 0.2) is 18.2 Å². The quantitative estimate of drug-likeness (QED) is 0.774. The van der Waals surface area contributed by atoms with Crippen molar-refractivity contribution in [1.82, 2.24) is 0 Å². The number of nitrogens with two attached hydrogens (primary N) is 1. The Morgan fingerprint density at radius 3 is 2.69 bits per heavy atom. The van der Waals surface area contributed by atoms with Gasteiger partial charge in [0.2, 0.25) is 0 Å². The first-order valence-corrected chi connectivity index (χ1v) is 4.21. The van der Waals surface area contributed by atoms with Crippen LogP contribution in [-0.2, 0) is 6.42 Å². The van der Waals surface area contributed by atoms with Crippen LogP contribution in [0.25, 0.3) is 0 Å². The molecule has 2 nitrogen and oxygen atoms in total. The first-order valence-electron chi connectivity index (χ1n) is 4.21. The normalized spacial score (nSPS) is 12.6. The summed E-state index contributed by atoms with van der Waals surface area (Å²) < 4.78 is 17.9. The van der Waals surface area contributed by atoms with Crippen molar-refractivity contribution in [1.29, 1.82) is 0 Å². The molecule has 0 saturated carbocycles. The van der Waals surface area contributed by atoms with E-state index in [0.717, 1.165) is 5.56 Å². The molecular weight excluding hydrogens is 169 g/mol. The Morgan fingerprint density at radius 2 is 2.15 bits per heavy atom. The van der Waals surface area contributed by atoms with E-state index in [9.17, 15) is 4.39 Å². The molecule has 0 heterocycles. The highest BCUT2D eigenvalue weighted by molar-refractivity contribution is 5.29. The fourth-order valence-electron chi connectivity index (χ4n) is 1.23. The monoisotopic (exact) mass is 183 g/mol. The Morgan fingerprint density at radius 1 is 1.46 bits per heavy atom. The summed E-state index contributed by atoms with van der Waals surface area (Å²) in [6.07, 6.45) is 0.661. The van der Waals surface area contributed by atoms with E-state index in [1.54, 1.807) is 6.07 Å². The Kier molecular flexibility index (Phi) is 3.25. The van der Waals surface area contributed by atoms with E-state index >= 15 is 0 Å². The molecule has 3 heteroatoms. The highest BCUT2D eigenvalue weighted by Crippen LogP contribution is 2.16. The van der Waals surface area contributed by atoms with Crippen molar-refractivity contribution in [2.75, 3.05) is 7.11 Å². The molecule has 0 saturated heterocycles. The van der Waals surface area contributed by atoms with Gasteiger partial charge in [-0.2, -0.15) is 0 Å². The smallest absolute Gasteiger partial charge is 0.127 e. The number of rotatable bonds is 3. The van der Waals surface area contributed by atoms with Crippen molar-refractivity contribution in [2.45, 2.75) is 19.4 Å². The third-order valence-corrected chi connectivity index (χ3v) is 1.72. The van der Waals surface area contributed by atoms with E-state index in [4.69, 9.17) is 10.5 Å². The fraction of sp³-hybridized carbons (Fsp3) is 0.400. The minimum Gasteiger partial charge on any atom is -0.497 e. The van der Waals surface area contributed by atoms with Crippen molar-refractivity contribution in [2.24, 2.45) is 5.73 Å². The fourth-order valence-corrected chi connectivity index (χ4v) is 1.23. The number of halogens is 1. The molecule has 1 atom stereocenters. The Balaban J connectivity index is 2.88. The van der Waals surface area contributed by atoms with Crippen LogP contribution >= 0.6 is 0 Å². The number of hydrogen-bond donors (Lipinski definition) is 1. The van der Waals surface area contributed by atoms with E-state index in [1.807, 2.05) is 6.92 Å². The van der Waals surface area contributed by atoms with Gasteiger partial charge in [0, 0.05) is 12.1 Å². The largest absolute Gasteiger partial charge is 0.497 e. The van der Waals surface area contributed by atoms with E-state index in [-0.39, 0.29) is 11.9 Å². The first kappa shape index (κ1) is 9.99. The minimum absolute atomic E-state index is 0.0338. The predicted octanol–water partition coefficient (Wildman–Crippen LogP) is 1.72. The van der Waals surface area contributed by atoms with Gasteiger partial charge in [-0.05, 0) is 31.0 Å². The van der Waals surface area contributed by atoms with Crippen LogP contribution in [0.5, 0.6) is 5.75 Å². The molecule has 72 valence electrons. The van der Waals surface area contributed by atoms with Gasteiger partial charge in [-0.25, -0.2) is 4.39 Å². The summed E-state index contributed by atoms with van der Waals surface area (Å²) >= 11 is 0. The van der Waals surface area contributed by atoms with Crippen LogP contribution < -0.4 is 10.5 Å². The lowest BCUT2D eigenvalue weighted by atomic mass is 10.1. The molecule has 1 rings (SSSR count). The van der Waals surface area contributed by atoms with Gasteiger partial charge in [-0.1, -0.05) is 0 Å². The summed E-state index contributed by atoms with van der Waals surface area (Å²) in [6, 6.07) is 4.66. The molecule has 0 aliphatic carbocycles. The maximum absolute atomic E-state index is 12.9. The minimum atomic E-state index is -0.282. The highest BCUT2D eigenvalue weighted by atomic mass is 19.1. The Bertz CT molecular complexity index is 286. The van der Waals surface area contributed by atoms with Crippen molar-refractivity contribution in [3.63, 3.8) is 0 Å². The summed E-state index contributed by atoms with van der Waals surface area (Å²) in [7, 11) is 1.52. The second kappa shape index (κ2) is 4.23. The van der Waals surface area contributed by atoms with E-state index in [1.165, 1.54) is 19.2 Å². The molecular formula is C10H14FNO. The van der Waals surface area contributed by atoms with Crippen LogP contribution in [0.3, 0.4) is 0 Å². The number of methoxy groups -OCH3 is 1. The summed E-state index contributed by atoms with van der Waals surface area (Å²) in [5.74, 6) is 0.255. The third-order valence-electron chi connectivity index (χ3n) is 1.72. The molecule has 0 bridgehead atoms. The van der Waals surface area contributed by atoms with Crippen molar-refractivity contribution in [3.05, 3.63) is 29.6 Å². The van der Waals surface area contributed by atoms with Gasteiger partial charge < -0.3 is 10.5 Å². The topological polar surface area (TPSA) is 35.2 Å². The van der Waals surface area contributed by atoms with Crippen LogP contribution in [-0.4, -0.2) is 13.2 Å². The molecule has 0 spiro atoms. The number of ether oxygens (including phenoxy) is 1. The van der Waals surface area contributed by atoms with Gasteiger partial charge in [-0.15, -0.1) is 0 Å². The maximum atomic E-state index is 12.9. The summed E-state index contributed by atoms with van der Waals surface area (Å²) in [4.78, 5) is 0. The average Bonchev–Trinajstić information content (AvgIpc) is 2.01. The predicted molar refractivity (Wildman–Crippen MR) is 50.3 cm³/mol. The molecule has 0 aromatic heterocycles.